The Balaban J connectivity index is 1.64. The monoisotopic (exact) mass is 421 g/mol. The number of aromatic nitrogens is 2. The van der Waals surface area contributed by atoms with Crippen molar-refractivity contribution < 1.29 is 14.3 Å². The van der Waals surface area contributed by atoms with Crippen LogP contribution in [0.3, 0.4) is 0 Å². The zero-order chi connectivity index (χ0) is 21.3. The number of ether oxygens (including phenoxy) is 2. The van der Waals surface area contributed by atoms with Gasteiger partial charge in [-0.25, -0.2) is 4.98 Å². The summed E-state index contributed by atoms with van der Waals surface area (Å²) in [6.07, 6.45) is 0. The number of hydrogen-bond acceptors (Lipinski definition) is 6. The first kappa shape index (κ1) is 19.7. The van der Waals surface area contributed by atoms with Gasteiger partial charge in [-0.3, -0.25) is 14.9 Å². The molecule has 4 rings (SSSR count). The zero-order valence-corrected chi connectivity index (χ0v) is 17.4. The lowest BCUT2D eigenvalue weighted by atomic mass is 10.1. The summed E-state index contributed by atoms with van der Waals surface area (Å²) in [4.78, 5) is 29.7. The van der Waals surface area contributed by atoms with Crippen LogP contribution in [-0.2, 0) is 7.05 Å². The number of aryl methyl sites for hydroxylation is 1. The topological polar surface area (TPSA) is 82.5 Å². The molecule has 0 radical (unpaired) electrons. The number of amides is 1. The van der Waals surface area contributed by atoms with Crippen LogP contribution in [0.5, 0.6) is 11.5 Å². The van der Waals surface area contributed by atoms with Crippen molar-refractivity contribution in [2.75, 3.05) is 19.5 Å². The number of benzene rings is 2. The summed E-state index contributed by atoms with van der Waals surface area (Å²) in [7, 11) is 4.83. The molecule has 2 aromatic heterocycles. The van der Waals surface area contributed by atoms with Crippen LogP contribution in [0.2, 0.25) is 0 Å². The molecule has 7 nitrogen and oxygen atoms in total. The number of fused-ring (bicyclic) bond motifs is 1. The number of nitrogens with zero attached hydrogens (tertiary/aromatic N) is 2. The van der Waals surface area contributed by atoms with E-state index in [-0.39, 0.29) is 11.5 Å². The van der Waals surface area contributed by atoms with Crippen molar-refractivity contribution in [1.29, 1.82) is 0 Å². The van der Waals surface area contributed by atoms with E-state index in [4.69, 9.17) is 9.47 Å². The first-order chi connectivity index (χ1) is 14.5. The summed E-state index contributed by atoms with van der Waals surface area (Å²) in [6.45, 7) is 0. The Morgan fingerprint density at radius 2 is 1.83 bits per heavy atom. The number of carbonyl (C=O) groups excluding carboxylic acids is 1. The standard InChI is InChI=1S/C22H19N3O4S/c1-25-17-7-5-4-6-14(17)15(11-20(25)26)21(27)24-22-23-16(12-30-22)13-8-9-18(28-2)19(10-13)29-3/h4-12H,1-3H3,(H,23,24,27). The number of para-hydroxylation sites is 1. The van der Waals surface area contributed by atoms with Crippen LogP contribution >= 0.6 is 11.3 Å². The van der Waals surface area contributed by atoms with Crippen molar-refractivity contribution in [2.24, 2.45) is 7.05 Å². The highest BCUT2D eigenvalue weighted by molar-refractivity contribution is 7.14. The van der Waals surface area contributed by atoms with Crippen LogP contribution in [0, 0.1) is 0 Å². The van der Waals surface area contributed by atoms with Crippen molar-refractivity contribution in [3.05, 3.63) is 69.8 Å². The maximum atomic E-state index is 12.9. The minimum absolute atomic E-state index is 0.246. The molecule has 8 heteroatoms. The normalized spacial score (nSPS) is 10.8. The Kier molecular flexibility index (Phi) is 5.24. The van der Waals surface area contributed by atoms with Gasteiger partial charge in [-0.15, -0.1) is 11.3 Å². The van der Waals surface area contributed by atoms with E-state index in [0.29, 0.717) is 38.8 Å². The number of methoxy groups -OCH3 is 2. The first-order valence-corrected chi connectivity index (χ1v) is 9.98. The molecule has 0 aliphatic rings. The van der Waals surface area contributed by atoms with Gasteiger partial charge < -0.3 is 14.0 Å². The van der Waals surface area contributed by atoms with E-state index in [2.05, 4.69) is 10.3 Å². The Morgan fingerprint density at radius 3 is 2.60 bits per heavy atom. The van der Waals surface area contributed by atoms with Gasteiger partial charge in [0.1, 0.15) is 0 Å². The summed E-state index contributed by atoms with van der Waals surface area (Å²) in [5.41, 5.74) is 2.30. The molecule has 0 unspecified atom stereocenters. The van der Waals surface area contributed by atoms with E-state index < -0.39 is 0 Å². The molecule has 0 spiro atoms. The van der Waals surface area contributed by atoms with Crippen molar-refractivity contribution in [3.8, 4) is 22.8 Å². The predicted octanol–water partition coefficient (Wildman–Crippen LogP) is 3.93. The Hall–Kier alpha value is -3.65. The van der Waals surface area contributed by atoms with Crippen molar-refractivity contribution in [1.82, 2.24) is 9.55 Å². The Morgan fingerprint density at radius 1 is 1.07 bits per heavy atom. The fraction of sp³-hybridized carbons (Fsp3) is 0.136. The van der Waals surface area contributed by atoms with Gasteiger partial charge >= 0.3 is 0 Å². The lowest BCUT2D eigenvalue weighted by molar-refractivity contribution is 0.102. The number of nitrogens with one attached hydrogen (secondary N) is 1. The van der Waals surface area contributed by atoms with E-state index in [1.165, 1.54) is 22.0 Å². The second kappa shape index (κ2) is 8.00. The van der Waals surface area contributed by atoms with Crippen molar-refractivity contribution >= 4 is 33.3 Å². The number of rotatable bonds is 5. The second-order valence-electron chi connectivity index (χ2n) is 6.53. The van der Waals surface area contributed by atoms with Crippen LogP contribution in [0.4, 0.5) is 5.13 Å². The summed E-state index contributed by atoms with van der Waals surface area (Å²) >= 11 is 1.31. The van der Waals surface area contributed by atoms with Gasteiger partial charge in [-0.2, -0.15) is 0 Å². The molecular formula is C22H19N3O4S. The summed E-state index contributed by atoms with van der Waals surface area (Å²) in [5.74, 6) is 0.847. The predicted molar refractivity (Wildman–Crippen MR) is 118 cm³/mol. The quantitative estimate of drug-likeness (QED) is 0.528. The Labute approximate surface area is 176 Å². The molecule has 0 fully saturated rings. The minimum Gasteiger partial charge on any atom is -0.493 e. The van der Waals surface area contributed by atoms with Gasteiger partial charge in [-0.1, -0.05) is 18.2 Å². The molecule has 0 bridgehead atoms. The van der Waals surface area contributed by atoms with Crippen molar-refractivity contribution in [2.45, 2.75) is 0 Å². The van der Waals surface area contributed by atoms with Gasteiger partial charge in [0.05, 0.1) is 31.0 Å². The number of thiazole rings is 1. The highest BCUT2D eigenvalue weighted by Gasteiger charge is 2.16. The van der Waals surface area contributed by atoms with Gasteiger partial charge in [0.25, 0.3) is 11.5 Å². The minimum atomic E-state index is -0.378. The Bertz CT molecular complexity index is 1310. The van der Waals surface area contributed by atoms with Gasteiger partial charge in [0.2, 0.25) is 0 Å². The zero-order valence-electron chi connectivity index (χ0n) is 16.6. The average Bonchev–Trinajstić information content (AvgIpc) is 3.24. The SMILES string of the molecule is COc1ccc(-c2csc(NC(=O)c3cc(=O)n(C)c4ccccc34)n2)cc1OC. The molecule has 1 amide bonds. The smallest absolute Gasteiger partial charge is 0.258 e. The van der Waals surface area contributed by atoms with Crippen LogP contribution in [0.15, 0.2) is 58.7 Å². The molecule has 2 aromatic carbocycles. The average molecular weight is 421 g/mol. The number of pyridine rings is 1. The lowest BCUT2D eigenvalue weighted by Crippen LogP contribution is -2.21. The third-order valence-electron chi connectivity index (χ3n) is 4.80. The van der Waals surface area contributed by atoms with Crippen LogP contribution < -0.4 is 20.3 Å². The van der Waals surface area contributed by atoms with E-state index in [9.17, 15) is 9.59 Å². The molecule has 0 aliphatic heterocycles. The lowest BCUT2D eigenvalue weighted by Gasteiger charge is -2.09. The number of carbonyl (C=O) groups is 1. The molecule has 0 atom stereocenters. The summed E-state index contributed by atoms with van der Waals surface area (Å²) in [6, 6.07) is 14.1. The molecular weight excluding hydrogens is 402 g/mol. The summed E-state index contributed by atoms with van der Waals surface area (Å²) < 4.78 is 12.1. The molecule has 2 heterocycles. The molecule has 4 aromatic rings. The molecule has 0 saturated carbocycles. The molecule has 1 N–H and O–H groups in total. The van der Waals surface area contributed by atoms with Crippen LogP contribution in [0.1, 0.15) is 10.4 Å². The second-order valence-corrected chi connectivity index (χ2v) is 7.39. The van der Waals surface area contributed by atoms with Gasteiger partial charge in [0, 0.05) is 29.4 Å². The highest BCUT2D eigenvalue weighted by Crippen LogP contribution is 2.33. The van der Waals surface area contributed by atoms with E-state index in [1.54, 1.807) is 27.3 Å². The summed E-state index contributed by atoms with van der Waals surface area (Å²) in [5, 5.41) is 5.79. The van der Waals surface area contributed by atoms with Gasteiger partial charge in [0.15, 0.2) is 16.6 Å². The third-order valence-corrected chi connectivity index (χ3v) is 5.56. The fourth-order valence-corrected chi connectivity index (χ4v) is 3.94. The maximum absolute atomic E-state index is 12.9. The van der Waals surface area contributed by atoms with Crippen LogP contribution in [-0.4, -0.2) is 29.7 Å². The van der Waals surface area contributed by atoms with Crippen LogP contribution in [0.25, 0.3) is 22.2 Å². The molecule has 30 heavy (non-hydrogen) atoms. The maximum Gasteiger partial charge on any atom is 0.258 e. The molecule has 152 valence electrons. The number of hydrogen-bond donors (Lipinski definition) is 1. The van der Waals surface area contributed by atoms with E-state index in [0.717, 1.165) is 5.56 Å². The first-order valence-electron chi connectivity index (χ1n) is 9.10. The van der Waals surface area contributed by atoms with Gasteiger partial charge in [-0.05, 0) is 24.3 Å². The molecule has 0 aliphatic carbocycles. The van der Waals surface area contributed by atoms with Crippen molar-refractivity contribution in [3.63, 3.8) is 0 Å². The van der Waals surface area contributed by atoms with E-state index >= 15 is 0 Å². The largest absolute Gasteiger partial charge is 0.493 e. The third kappa shape index (κ3) is 3.53. The fourth-order valence-electron chi connectivity index (χ4n) is 3.22. The van der Waals surface area contributed by atoms with E-state index in [1.807, 2.05) is 41.8 Å². The number of anilines is 1. The molecule has 0 saturated heterocycles. The highest BCUT2D eigenvalue weighted by atomic mass is 32.1.